The number of carbonyl (C=O) groups is 1. The molecule has 1 unspecified atom stereocenters. The Morgan fingerprint density at radius 3 is 2.65 bits per heavy atom. The number of rotatable bonds is 3. The lowest BCUT2D eigenvalue weighted by atomic mass is 9.97. The molecule has 0 radical (unpaired) electrons. The summed E-state index contributed by atoms with van der Waals surface area (Å²) >= 11 is 3.55. The quantitative estimate of drug-likeness (QED) is 0.835. The van der Waals surface area contributed by atoms with Gasteiger partial charge in [-0.3, -0.25) is 4.79 Å². The molecule has 2 nitrogen and oxygen atoms in total. The van der Waals surface area contributed by atoms with Gasteiger partial charge in [0, 0.05) is 24.0 Å². The number of benzene rings is 1. The first-order chi connectivity index (χ1) is 8.18. The second-order valence-electron chi connectivity index (χ2n) is 4.71. The number of hydrogen-bond acceptors (Lipinski definition) is 1. The highest BCUT2D eigenvalue weighted by Crippen LogP contribution is 2.27. The van der Waals surface area contributed by atoms with Gasteiger partial charge in [-0.05, 0) is 30.4 Å². The van der Waals surface area contributed by atoms with Crippen LogP contribution in [-0.4, -0.2) is 23.9 Å². The Morgan fingerprint density at radius 1 is 1.35 bits per heavy atom. The van der Waals surface area contributed by atoms with Crippen LogP contribution in [0.25, 0.3) is 0 Å². The summed E-state index contributed by atoms with van der Waals surface area (Å²) in [4.78, 5) is 14.0. The van der Waals surface area contributed by atoms with E-state index in [1.807, 2.05) is 23.1 Å². The fraction of sp³-hybridized carbons (Fsp3) is 0.500. The molecular weight excluding hydrogens is 278 g/mol. The summed E-state index contributed by atoms with van der Waals surface area (Å²) in [5.74, 6) is 0.574. The average Bonchev–Trinajstić information content (AvgIpc) is 2.82. The van der Waals surface area contributed by atoms with Crippen molar-refractivity contribution in [1.29, 1.82) is 0 Å². The molecule has 1 aromatic rings. The minimum absolute atomic E-state index is 0.277. The van der Waals surface area contributed by atoms with Crippen molar-refractivity contribution in [3.63, 3.8) is 0 Å². The summed E-state index contributed by atoms with van der Waals surface area (Å²) in [7, 11) is 0. The monoisotopic (exact) mass is 295 g/mol. The summed E-state index contributed by atoms with van der Waals surface area (Å²) in [6.45, 7) is 4.01. The number of amides is 1. The van der Waals surface area contributed by atoms with Gasteiger partial charge < -0.3 is 4.90 Å². The molecular formula is C14H18BrNO. The first-order valence-electron chi connectivity index (χ1n) is 6.20. The van der Waals surface area contributed by atoms with Crippen molar-refractivity contribution in [2.24, 2.45) is 0 Å². The molecule has 1 aliphatic heterocycles. The largest absolute Gasteiger partial charge is 0.343 e. The van der Waals surface area contributed by atoms with Gasteiger partial charge in [-0.25, -0.2) is 0 Å². The SMILES string of the molecule is CC(CC(=O)N1CCCC1)c1ccccc1Br. The van der Waals surface area contributed by atoms with E-state index in [9.17, 15) is 4.79 Å². The third-order valence-corrected chi connectivity index (χ3v) is 4.10. The highest BCUT2D eigenvalue weighted by Gasteiger charge is 2.21. The number of halogens is 1. The normalized spacial score (nSPS) is 17.2. The third kappa shape index (κ3) is 3.09. The van der Waals surface area contributed by atoms with Crippen molar-refractivity contribution in [3.8, 4) is 0 Å². The van der Waals surface area contributed by atoms with Crippen LogP contribution in [0.1, 0.15) is 37.7 Å². The molecule has 0 aliphatic carbocycles. The minimum Gasteiger partial charge on any atom is -0.343 e. The zero-order chi connectivity index (χ0) is 12.3. The number of likely N-dealkylation sites (tertiary alicyclic amines) is 1. The minimum atomic E-state index is 0.277. The Balaban J connectivity index is 1.99. The first kappa shape index (κ1) is 12.6. The van der Waals surface area contributed by atoms with Crippen LogP contribution in [0.3, 0.4) is 0 Å². The molecule has 1 atom stereocenters. The molecule has 2 rings (SSSR count). The molecule has 0 saturated carbocycles. The van der Waals surface area contributed by atoms with Crippen LogP contribution < -0.4 is 0 Å². The Morgan fingerprint density at radius 2 is 2.00 bits per heavy atom. The van der Waals surface area contributed by atoms with E-state index in [0.29, 0.717) is 12.3 Å². The first-order valence-corrected chi connectivity index (χ1v) is 7.00. The number of nitrogens with zero attached hydrogens (tertiary/aromatic N) is 1. The molecule has 0 bridgehead atoms. The lowest BCUT2D eigenvalue weighted by molar-refractivity contribution is -0.130. The van der Waals surface area contributed by atoms with Gasteiger partial charge in [-0.15, -0.1) is 0 Å². The van der Waals surface area contributed by atoms with Crippen molar-refractivity contribution in [2.75, 3.05) is 13.1 Å². The van der Waals surface area contributed by atoms with Crippen molar-refractivity contribution < 1.29 is 4.79 Å². The van der Waals surface area contributed by atoms with Crippen molar-refractivity contribution in [2.45, 2.75) is 32.1 Å². The highest BCUT2D eigenvalue weighted by molar-refractivity contribution is 9.10. The summed E-state index contributed by atoms with van der Waals surface area (Å²) < 4.78 is 1.10. The molecule has 0 spiro atoms. The van der Waals surface area contributed by atoms with E-state index in [2.05, 4.69) is 28.9 Å². The standard InChI is InChI=1S/C14H18BrNO/c1-11(12-6-2-3-7-13(12)15)10-14(17)16-8-4-5-9-16/h2-3,6-7,11H,4-5,8-10H2,1H3. The summed E-state index contributed by atoms with van der Waals surface area (Å²) in [5, 5.41) is 0. The molecule has 1 aromatic carbocycles. The molecule has 1 heterocycles. The second kappa shape index (κ2) is 5.67. The summed E-state index contributed by atoms with van der Waals surface area (Å²) in [5.41, 5.74) is 1.22. The van der Waals surface area contributed by atoms with Crippen LogP contribution >= 0.6 is 15.9 Å². The fourth-order valence-electron chi connectivity index (χ4n) is 2.34. The second-order valence-corrected chi connectivity index (χ2v) is 5.57. The molecule has 1 saturated heterocycles. The van der Waals surface area contributed by atoms with Gasteiger partial charge in [0.05, 0.1) is 0 Å². The molecule has 1 aliphatic rings. The van der Waals surface area contributed by atoms with E-state index < -0.39 is 0 Å². The van der Waals surface area contributed by atoms with E-state index in [0.717, 1.165) is 30.4 Å². The average molecular weight is 296 g/mol. The van der Waals surface area contributed by atoms with Gasteiger partial charge in [0.2, 0.25) is 5.91 Å². The summed E-state index contributed by atoms with van der Waals surface area (Å²) in [6.07, 6.45) is 2.94. The molecule has 1 fully saturated rings. The molecule has 3 heteroatoms. The predicted molar refractivity (Wildman–Crippen MR) is 73.0 cm³/mol. The van der Waals surface area contributed by atoms with Gasteiger partial charge >= 0.3 is 0 Å². The molecule has 17 heavy (non-hydrogen) atoms. The van der Waals surface area contributed by atoms with Crippen LogP contribution in [0.4, 0.5) is 0 Å². The van der Waals surface area contributed by atoms with E-state index in [1.165, 1.54) is 5.56 Å². The lowest BCUT2D eigenvalue weighted by Crippen LogP contribution is -2.28. The predicted octanol–water partition coefficient (Wildman–Crippen LogP) is 3.57. The maximum absolute atomic E-state index is 12.1. The van der Waals surface area contributed by atoms with Gasteiger partial charge in [-0.2, -0.15) is 0 Å². The van der Waals surface area contributed by atoms with E-state index >= 15 is 0 Å². The van der Waals surface area contributed by atoms with Crippen molar-refractivity contribution in [1.82, 2.24) is 4.90 Å². The van der Waals surface area contributed by atoms with Crippen LogP contribution in [0.2, 0.25) is 0 Å². The number of carbonyl (C=O) groups excluding carboxylic acids is 1. The maximum Gasteiger partial charge on any atom is 0.223 e. The third-order valence-electron chi connectivity index (χ3n) is 3.38. The topological polar surface area (TPSA) is 20.3 Å². The highest BCUT2D eigenvalue weighted by atomic mass is 79.9. The van der Waals surface area contributed by atoms with E-state index in [-0.39, 0.29) is 5.92 Å². The molecule has 0 N–H and O–H groups in total. The molecule has 0 aromatic heterocycles. The van der Waals surface area contributed by atoms with Crippen molar-refractivity contribution in [3.05, 3.63) is 34.3 Å². The number of hydrogen-bond donors (Lipinski definition) is 0. The zero-order valence-corrected chi connectivity index (χ0v) is 11.7. The molecule has 1 amide bonds. The maximum atomic E-state index is 12.1. The van der Waals surface area contributed by atoms with Gasteiger partial charge in [0.25, 0.3) is 0 Å². The molecule has 92 valence electrons. The van der Waals surface area contributed by atoms with Gasteiger partial charge in [-0.1, -0.05) is 41.1 Å². The van der Waals surface area contributed by atoms with Crippen LogP contribution in [0.15, 0.2) is 28.7 Å². The Hall–Kier alpha value is -0.830. The van der Waals surface area contributed by atoms with E-state index in [1.54, 1.807) is 0 Å². The smallest absolute Gasteiger partial charge is 0.223 e. The van der Waals surface area contributed by atoms with Crippen LogP contribution in [-0.2, 0) is 4.79 Å². The van der Waals surface area contributed by atoms with E-state index in [4.69, 9.17) is 0 Å². The van der Waals surface area contributed by atoms with Crippen LogP contribution in [0, 0.1) is 0 Å². The fourth-order valence-corrected chi connectivity index (χ4v) is 3.02. The van der Waals surface area contributed by atoms with Crippen LogP contribution in [0.5, 0.6) is 0 Å². The van der Waals surface area contributed by atoms with Gasteiger partial charge in [0.1, 0.15) is 0 Å². The van der Waals surface area contributed by atoms with Crippen molar-refractivity contribution >= 4 is 21.8 Å². The Bertz CT molecular complexity index is 399. The lowest BCUT2D eigenvalue weighted by Gasteiger charge is -2.19. The Labute approximate surface area is 111 Å². The zero-order valence-electron chi connectivity index (χ0n) is 10.2. The Kier molecular flexibility index (Phi) is 4.21. The summed E-state index contributed by atoms with van der Waals surface area (Å²) in [6, 6.07) is 8.15. The van der Waals surface area contributed by atoms with Gasteiger partial charge in [0.15, 0.2) is 0 Å².